The number of esters is 1. The largest absolute Gasteiger partial charge is 1.00 e. The maximum atomic E-state index is 10.3. The van der Waals surface area contributed by atoms with Crippen molar-refractivity contribution >= 4 is 11.9 Å². The van der Waals surface area contributed by atoms with Crippen LogP contribution in [-0.4, -0.2) is 18.5 Å². The van der Waals surface area contributed by atoms with Crippen LogP contribution in [0.3, 0.4) is 0 Å². The third kappa shape index (κ3) is 9.42. The van der Waals surface area contributed by atoms with Crippen molar-refractivity contribution in [2.75, 3.05) is 6.61 Å². The van der Waals surface area contributed by atoms with E-state index in [9.17, 15) is 14.7 Å². The Morgan fingerprint density at radius 3 is 2.36 bits per heavy atom. The molecule has 0 bridgehead atoms. The summed E-state index contributed by atoms with van der Waals surface area (Å²) in [6, 6.07) is 0. The minimum Gasteiger partial charge on any atom is -0.545 e. The Morgan fingerprint density at radius 1 is 1.45 bits per heavy atom. The minimum absolute atomic E-state index is 0. The van der Waals surface area contributed by atoms with Crippen molar-refractivity contribution < 1.29 is 41.8 Å². The molecule has 0 heterocycles. The smallest absolute Gasteiger partial charge is 0.545 e. The van der Waals surface area contributed by atoms with E-state index in [-0.39, 0.29) is 29.0 Å². The number of carbonyl (C=O) groups excluding carboxylic acids is 2. The standard InChI is InChI=1S/C6H8O4.Ag/c1-2-10-6(9)4-3-5(7)8;/h3-4H,2H2,1H3,(H,7,8);/q;+1/p-1/b4-3+;. The minimum atomic E-state index is -1.41. The van der Waals surface area contributed by atoms with Crippen LogP contribution in [0.1, 0.15) is 6.92 Å². The van der Waals surface area contributed by atoms with Gasteiger partial charge in [-0.15, -0.1) is 0 Å². The molecule has 0 rings (SSSR count). The topological polar surface area (TPSA) is 66.4 Å². The van der Waals surface area contributed by atoms with Gasteiger partial charge in [0.2, 0.25) is 0 Å². The second-order valence-electron chi connectivity index (χ2n) is 1.40. The molecule has 0 N–H and O–H groups in total. The van der Waals surface area contributed by atoms with Crippen molar-refractivity contribution in [2.45, 2.75) is 6.92 Å². The Hall–Kier alpha value is -0.580. The van der Waals surface area contributed by atoms with Gasteiger partial charge in [0.15, 0.2) is 0 Å². The van der Waals surface area contributed by atoms with E-state index < -0.39 is 11.9 Å². The van der Waals surface area contributed by atoms with Crippen LogP contribution in [0.25, 0.3) is 0 Å². The predicted octanol–water partition coefficient (Wildman–Crippen LogP) is -1.15. The third-order valence-electron chi connectivity index (χ3n) is 0.642. The quantitative estimate of drug-likeness (QED) is 0.361. The van der Waals surface area contributed by atoms with Gasteiger partial charge in [-0.25, -0.2) is 4.79 Å². The number of rotatable bonds is 3. The molecule has 0 aliphatic carbocycles. The van der Waals surface area contributed by atoms with E-state index in [1.807, 2.05) is 0 Å². The molecule has 0 radical (unpaired) electrons. The molecule has 4 nitrogen and oxygen atoms in total. The average Bonchev–Trinajstić information content (AvgIpc) is 1.85. The summed E-state index contributed by atoms with van der Waals surface area (Å²) in [5, 5.41) is 9.70. The summed E-state index contributed by atoms with van der Waals surface area (Å²) in [7, 11) is 0. The molecule has 0 saturated heterocycles. The first-order chi connectivity index (χ1) is 4.66. The van der Waals surface area contributed by atoms with Crippen LogP contribution < -0.4 is 5.11 Å². The Bertz CT molecular complexity index is 164. The Balaban J connectivity index is 0. The molecule has 0 fully saturated rings. The molecule has 11 heavy (non-hydrogen) atoms. The summed E-state index contributed by atoms with van der Waals surface area (Å²) in [5.41, 5.74) is 0. The van der Waals surface area contributed by atoms with Crippen LogP contribution in [0.5, 0.6) is 0 Å². The van der Waals surface area contributed by atoms with Crippen LogP contribution >= 0.6 is 0 Å². The molecule has 0 aliphatic heterocycles. The Morgan fingerprint density at radius 2 is 2.00 bits per heavy atom. The van der Waals surface area contributed by atoms with E-state index in [4.69, 9.17) is 0 Å². The maximum absolute atomic E-state index is 10.3. The molecular formula is C6H7AgO4. The van der Waals surface area contributed by atoms with E-state index in [1.54, 1.807) is 6.92 Å². The van der Waals surface area contributed by atoms with E-state index in [0.29, 0.717) is 6.08 Å². The van der Waals surface area contributed by atoms with Gasteiger partial charge in [-0.3, -0.25) is 0 Å². The number of carboxylic acid groups (broad SMARTS) is 1. The van der Waals surface area contributed by atoms with Gasteiger partial charge in [0.25, 0.3) is 0 Å². The van der Waals surface area contributed by atoms with Crippen molar-refractivity contribution in [3.8, 4) is 0 Å². The molecule has 0 aromatic rings. The van der Waals surface area contributed by atoms with Crippen LogP contribution in [0, 0.1) is 0 Å². The van der Waals surface area contributed by atoms with E-state index in [2.05, 4.69) is 4.74 Å². The Kier molecular flexibility index (Phi) is 8.92. The molecule has 0 spiro atoms. The van der Waals surface area contributed by atoms with Gasteiger partial charge < -0.3 is 14.6 Å². The van der Waals surface area contributed by atoms with Gasteiger partial charge >= 0.3 is 28.3 Å². The molecule has 66 valence electrons. The van der Waals surface area contributed by atoms with Crippen LogP contribution in [0.4, 0.5) is 0 Å². The van der Waals surface area contributed by atoms with Crippen LogP contribution in [0.15, 0.2) is 12.2 Å². The van der Waals surface area contributed by atoms with Gasteiger partial charge in [0, 0.05) is 6.08 Å². The fourth-order valence-electron chi connectivity index (χ4n) is 0.326. The van der Waals surface area contributed by atoms with Crippen molar-refractivity contribution in [1.29, 1.82) is 0 Å². The van der Waals surface area contributed by atoms with E-state index in [1.165, 1.54) is 0 Å². The number of carbonyl (C=O) groups is 2. The fourth-order valence-corrected chi connectivity index (χ4v) is 0.326. The van der Waals surface area contributed by atoms with E-state index in [0.717, 1.165) is 6.08 Å². The van der Waals surface area contributed by atoms with Gasteiger partial charge in [0.1, 0.15) is 0 Å². The van der Waals surface area contributed by atoms with Gasteiger partial charge in [-0.2, -0.15) is 0 Å². The molecule has 0 unspecified atom stereocenters. The summed E-state index contributed by atoms with van der Waals surface area (Å²) in [6.45, 7) is 1.86. The van der Waals surface area contributed by atoms with Crippen molar-refractivity contribution in [2.24, 2.45) is 0 Å². The summed E-state index contributed by atoms with van der Waals surface area (Å²) < 4.78 is 4.38. The van der Waals surface area contributed by atoms with Crippen molar-refractivity contribution in [1.82, 2.24) is 0 Å². The number of ether oxygens (including phenoxy) is 1. The second kappa shape index (κ2) is 7.53. The summed E-state index contributed by atoms with van der Waals surface area (Å²) in [4.78, 5) is 20.0. The van der Waals surface area contributed by atoms with Crippen molar-refractivity contribution in [3.05, 3.63) is 12.2 Å². The molecule has 0 atom stereocenters. The van der Waals surface area contributed by atoms with Gasteiger partial charge in [-0.05, 0) is 13.0 Å². The molecule has 0 amide bonds. The monoisotopic (exact) mass is 250 g/mol. The zero-order valence-electron chi connectivity index (χ0n) is 5.80. The zero-order chi connectivity index (χ0) is 7.98. The second-order valence-corrected chi connectivity index (χ2v) is 1.40. The first-order valence-corrected chi connectivity index (χ1v) is 2.72. The van der Waals surface area contributed by atoms with Crippen LogP contribution in [0.2, 0.25) is 0 Å². The van der Waals surface area contributed by atoms with Gasteiger partial charge in [0.05, 0.1) is 12.6 Å². The number of carboxylic acids is 1. The molecule has 0 aromatic heterocycles. The SMILES string of the molecule is CCOC(=O)/C=C/C(=O)[O-].[Ag+]. The zero-order valence-corrected chi connectivity index (χ0v) is 7.28. The summed E-state index contributed by atoms with van der Waals surface area (Å²) >= 11 is 0. The molecule has 0 aromatic carbocycles. The number of hydrogen-bond donors (Lipinski definition) is 0. The number of aliphatic carboxylic acids is 1. The average molecular weight is 251 g/mol. The normalized spacial score (nSPS) is 8.82. The summed E-state index contributed by atoms with van der Waals surface area (Å²) in [6.07, 6.45) is 1.43. The predicted molar refractivity (Wildman–Crippen MR) is 30.8 cm³/mol. The molecular weight excluding hydrogens is 244 g/mol. The number of hydrogen-bond acceptors (Lipinski definition) is 4. The summed E-state index contributed by atoms with van der Waals surface area (Å²) in [5.74, 6) is -2.08. The molecule has 0 aliphatic rings. The fraction of sp³-hybridized carbons (Fsp3) is 0.333. The molecule has 5 heteroatoms. The van der Waals surface area contributed by atoms with Crippen molar-refractivity contribution in [3.63, 3.8) is 0 Å². The first-order valence-electron chi connectivity index (χ1n) is 2.72. The molecule has 0 saturated carbocycles. The Labute approximate surface area is 79.7 Å². The first kappa shape index (κ1) is 13.0. The maximum Gasteiger partial charge on any atom is 1.00 e. The van der Waals surface area contributed by atoms with E-state index >= 15 is 0 Å². The van der Waals surface area contributed by atoms with Gasteiger partial charge in [-0.1, -0.05) is 0 Å². The third-order valence-corrected chi connectivity index (χ3v) is 0.642. The van der Waals surface area contributed by atoms with Crippen LogP contribution in [-0.2, 0) is 36.7 Å².